The van der Waals surface area contributed by atoms with Gasteiger partial charge in [-0.25, -0.2) is 9.79 Å². The Morgan fingerprint density at radius 1 is 1.05 bits per heavy atom. The molecule has 4 heteroatoms. The summed E-state index contributed by atoms with van der Waals surface area (Å²) in [6, 6.07) is 16.5. The number of rotatable bonds is 5. The molecule has 0 aliphatic heterocycles. The number of hydrogen-bond donors (Lipinski definition) is 0. The Bertz CT molecular complexity index is 618. The fourth-order valence-corrected chi connectivity index (χ4v) is 1.81. The molecule has 0 atom stereocenters. The summed E-state index contributed by atoms with van der Waals surface area (Å²) in [5.74, 6) is 0.285. The average Bonchev–Trinajstić information content (AvgIpc) is 2.54. The standard InChI is InChI=1S/C17H17NO3/c1-3-21-17(19)16(18-14-7-5-4-6-8-14)13-9-11-15(20-2)12-10-13/h4-12H,3H2,1-2H3. The number of carbonyl (C=O) groups excluding carboxylic acids is 1. The molecule has 0 amide bonds. The molecule has 0 saturated carbocycles. The second-order valence-corrected chi connectivity index (χ2v) is 4.24. The van der Waals surface area contributed by atoms with Gasteiger partial charge in [0.1, 0.15) is 5.75 Å². The van der Waals surface area contributed by atoms with Crippen molar-refractivity contribution in [3.8, 4) is 5.75 Å². The number of methoxy groups -OCH3 is 1. The summed E-state index contributed by atoms with van der Waals surface area (Å²) < 4.78 is 10.2. The zero-order valence-corrected chi connectivity index (χ0v) is 12.1. The van der Waals surface area contributed by atoms with Crippen LogP contribution >= 0.6 is 0 Å². The summed E-state index contributed by atoms with van der Waals surface area (Å²) in [6.07, 6.45) is 0. The van der Waals surface area contributed by atoms with Gasteiger partial charge in [0.2, 0.25) is 0 Å². The van der Waals surface area contributed by atoms with Crippen LogP contribution in [0.2, 0.25) is 0 Å². The van der Waals surface area contributed by atoms with Gasteiger partial charge in [-0.3, -0.25) is 0 Å². The quantitative estimate of drug-likeness (QED) is 0.624. The Hall–Kier alpha value is -2.62. The molecule has 108 valence electrons. The van der Waals surface area contributed by atoms with Crippen molar-refractivity contribution in [1.82, 2.24) is 0 Å². The van der Waals surface area contributed by atoms with Crippen LogP contribution in [0, 0.1) is 0 Å². The second kappa shape index (κ2) is 7.24. The molecule has 0 saturated heterocycles. The SMILES string of the molecule is CCOC(=O)C(=Nc1ccccc1)c1ccc(OC)cc1. The van der Waals surface area contributed by atoms with Gasteiger partial charge in [0.15, 0.2) is 5.71 Å². The van der Waals surface area contributed by atoms with E-state index in [2.05, 4.69) is 4.99 Å². The maximum atomic E-state index is 12.1. The van der Waals surface area contributed by atoms with Crippen molar-refractivity contribution < 1.29 is 14.3 Å². The number of nitrogens with zero attached hydrogens (tertiary/aromatic N) is 1. The first-order valence-electron chi connectivity index (χ1n) is 6.70. The van der Waals surface area contributed by atoms with Crippen LogP contribution in [0.25, 0.3) is 0 Å². The number of para-hydroxylation sites is 1. The Balaban J connectivity index is 2.40. The van der Waals surface area contributed by atoms with Crippen molar-refractivity contribution in [2.45, 2.75) is 6.92 Å². The van der Waals surface area contributed by atoms with Gasteiger partial charge in [0.25, 0.3) is 0 Å². The molecule has 0 radical (unpaired) electrons. The zero-order chi connectivity index (χ0) is 15.1. The van der Waals surface area contributed by atoms with Crippen LogP contribution in [0.5, 0.6) is 5.75 Å². The van der Waals surface area contributed by atoms with Gasteiger partial charge < -0.3 is 9.47 Å². The van der Waals surface area contributed by atoms with Crippen molar-refractivity contribution in [3.05, 3.63) is 60.2 Å². The molecule has 0 heterocycles. The lowest BCUT2D eigenvalue weighted by Crippen LogP contribution is -2.18. The normalized spacial score (nSPS) is 11.0. The zero-order valence-electron chi connectivity index (χ0n) is 12.1. The summed E-state index contributed by atoms with van der Waals surface area (Å²) >= 11 is 0. The molecule has 0 bridgehead atoms. The Kier molecular flexibility index (Phi) is 5.10. The second-order valence-electron chi connectivity index (χ2n) is 4.24. The molecule has 0 N–H and O–H groups in total. The van der Waals surface area contributed by atoms with E-state index < -0.39 is 5.97 Å². The molecule has 0 aliphatic carbocycles. The maximum absolute atomic E-state index is 12.1. The average molecular weight is 283 g/mol. The largest absolute Gasteiger partial charge is 0.497 e. The molecular weight excluding hydrogens is 266 g/mol. The van der Waals surface area contributed by atoms with Crippen LogP contribution in [-0.2, 0) is 9.53 Å². The van der Waals surface area contributed by atoms with Gasteiger partial charge in [0.05, 0.1) is 19.4 Å². The van der Waals surface area contributed by atoms with E-state index in [0.717, 1.165) is 5.75 Å². The summed E-state index contributed by atoms with van der Waals surface area (Å²) in [5, 5.41) is 0. The molecule has 4 nitrogen and oxygen atoms in total. The minimum absolute atomic E-state index is 0.283. The van der Waals surface area contributed by atoms with Gasteiger partial charge in [-0.2, -0.15) is 0 Å². The highest BCUT2D eigenvalue weighted by molar-refractivity contribution is 6.43. The van der Waals surface area contributed by atoms with E-state index in [1.807, 2.05) is 30.3 Å². The summed E-state index contributed by atoms with van der Waals surface area (Å²) in [7, 11) is 1.60. The number of carbonyl (C=O) groups is 1. The van der Waals surface area contributed by atoms with Crippen LogP contribution in [0.15, 0.2) is 59.6 Å². The van der Waals surface area contributed by atoms with Crippen LogP contribution in [0.4, 0.5) is 5.69 Å². The monoisotopic (exact) mass is 283 g/mol. The van der Waals surface area contributed by atoms with Gasteiger partial charge in [-0.15, -0.1) is 0 Å². The first kappa shape index (κ1) is 14.8. The number of ether oxygens (including phenoxy) is 2. The fourth-order valence-electron chi connectivity index (χ4n) is 1.81. The smallest absolute Gasteiger partial charge is 0.357 e. The number of aliphatic imine (C=N–C) groups is 1. The number of esters is 1. The highest BCUT2D eigenvalue weighted by Crippen LogP contribution is 2.17. The van der Waals surface area contributed by atoms with E-state index in [9.17, 15) is 4.79 Å². The molecule has 2 aromatic rings. The lowest BCUT2D eigenvalue weighted by molar-refractivity contribution is -0.134. The van der Waals surface area contributed by atoms with Crippen LogP contribution < -0.4 is 4.74 Å². The summed E-state index contributed by atoms with van der Waals surface area (Å²) in [6.45, 7) is 2.08. The first-order valence-corrected chi connectivity index (χ1v) is 6.70. The van der Waals surface area contributed by atoms with Crippen LogP contribution in [-0.4, -0.2) is 25.4 Å². The lowest BCUT2D eigenvalue weighted by atomic mass is 10.1. The maximum Gasteiger partial charge on any atom is 0.357 e. The van der Waals surface area contributed by atoms with Crippen LogP contribution in [0.3, 0.4) is 0 Å². The Labute approximate surface area is 124 Å². The summed E-state index contributed by atoms with van der Waals surface area (Å²) in [5.41, 5.74) is 1.68. The van der Waals surface area contributed by atoms with Gasteiger partial charge in [0, 0.05) is 5.56 Å². The molecule has 0 fully saturated rings. The molecule has 0 spiro atoms. The van der Waals surface area contributed by atoms with E-state index in [4.69, 9.17) is 9.47 Å². The Morgan fingerprint density at radius 2 is 1.71 bits per heavy atom. The van der Waals surface area contributed by atoms with E-state index in [0.29, 0.717) is 17.9 Å². The van der Waals surface area contributed by atoms with Crippen molar-refractivity contribution in [1.29, 1.82) is 0 Å². The molecule has 0 unspecified atom stereocenters. The minimum Gasteiger partial charge on any atom is -0.497 e. The topological polar surface area (TPSA) is 47.9 Å². The third-order valence-electron chi connectivity index (χ3n) is 2.83. The van der Waals surface area contributed by atoms with Gasteiger partial charge in [-0.1, -0.05) is 18.2 Å². The van der Waals surface area contributed by atoms with Gasteiger partial charge in [-0.05, 0) is 43.3 Å². The number of benzene rings is 2. The van der Waals surface area contributed by atoms with Crippen molar-refractivity contribution in [2.24, 2.45) is 4.99 Å². The van der Waals surface area contributed by atoms with Crippen LogP contribution in [0.1, 0.15) is 12.5 Å². The summed E-state index contributed by atoms with van der Waals surface area (Å²) in [4.78, 5) is 16.5. The van der Waals surface area contributed by atoms with E-state index in [1.165, 1.54) is 0 Å². The minimum atomic E-state index is -0.438. The first-order chi connectivity index (χ1) is 10.2. The van der Waals surface area contributed by atoms with Gasteiger partial charge >= 0.3 is 5.97 Å². The van der Waals surface area contributed by atoms with Crippen molar-refractivity contribution >= 4 is 17.4 Å². The predicted molar refractivity (Wildman–Crippen MR) is 82.3 cm³/mol. The van der Waals surface area contributed by atoms with E-state index in [-0.39, 0.29) is 5.71 Å². The molecule has 2 rings (SSSR count). The fraction of sp³-hybridized carbons (Fsp3) is 0.176. The van der Waals surface area contributed by atoms with Crippen molar-refractivity contribution in [3.63, 3.8) is 0 Å². The molecule has 21 heavy (non-hydrogen) atoms. The predicted octanol–water partition coefficient (Wildman–Crippen LogP) is 3.38. The highest BCUT2D eigenvalue weighted by atomic mass is 16.5. The number of hydrogen-bond acceptors (Lipinski definition) is 4. The van der Waals surface area contributed by atoms with E-state index >= 15 is 0 Å². The lowest BCUT2D eigenvalue weighted by Gasteiger charge is -2.07. The van der Waals surface area contributed by atoms with Crippen molar-refractivity contribution in [2.75, 3.05) is 13.7 Å². The highest BCUT2D eigenvalue weighted by Gasteiger charge is 2.15. The third kappa shape index (κ3) is 3.92. The Morgan fingerprint density at radius 3 is 2.29 bits per heavy atom. The molecular formula is C17H17NO3. The molecule has 0 aromatic heterocycles. The van der Waals surface area contributed by atoms with E-state index in [1.54, 1.807) is 38.3 Å². The third-order valence-corrected chi connectivity index (χ3v) is 2.83. The molecule has 0 aliphatic rings. The molecule has 2 aromatic carbocycles.